The molecular weight excluding hydrogens is 310 g/mol. The van der Waals surface area contributed by atoms with Crippen LogP contribution in [0.15, 0.2) is 65.7 Å². The SMILES string of the molecule is O=C1C(O)=C(c2cccs2)C(=O)N1c1cccc2ccccc12. The van der Waals surface area contributed by atoms with Gasteiger partial charge in [0.15, 0.2) is 5.76 Å². The van der Waals surface area contributed by atoms with Gasteiger partial charge in [0.2, 0.25) is 0 Å². The molecule has 112 valence electrons. The van der Waals surface area contributed by atoms with Gasteiger partial charge in [0.05, 0.1) is 5.69 Å². The maximum atomic E-state index is 12.8. The monoisotopic (exact) mass is 321 g/mol. The van der Waals surface area contributed by atoms with Crippen molar-refractivity contribution < 1.29 is 14.7 Å². The van der Waals surface area contributed by atoms with E-state index in [4.69, 9.17) is 0 Å². The number of carbonyl (C=O) groups is 2. The van der Waals surface area contributed by atoms with Gasteiger partial charge in [-0.3, -0.25) is 9.59 Å². The Morgan fingerprint density at radius 3 is 2.43 bits per heavy atom. The molecule has 4 rings (SSSR count). The maximum absolute atomic E-state index is 12.8. The summed E-state index contributed by atoms with van der Waals surface area (Å²) in [7, 11) is 0. The number of nitrogens with zero attached hydrogens (tertiary/aromatic N) is 1. The van der Waals surface area contributed by atoms with Crippen molar-refractivity contribution in [3.05, 3.63) is 70.6 Å². The molecule has 1 N–H and O–H groups in total. The van der Waals surface area contributed by atoms with Crippen molar-refractivity contribution in [1.29, 1.82) is 0 Å². The van der Waals surface area contributed by atoms with E-state index in [1.54, 1.807) is 29.6 Å². The molecular formula is C18H11NO3S. The Labute approximate surface area is 135 Å². The zero-order valence-corrected chi connectivity index (χ0v) is 12.7. The van der Waals surface area contributed by atoms with Gasteiger partial charge in [0.25, 0.3) is 5.91 Å². The summed E-state index contributed by atoms with van der Waals surface area (Å²) in [5.74, 6) is -1.67. The Kier molecular flexibility index (Phi) is 3.02. The molecule has 2 heterocycles. The van der Waals surface area contributed by atoms with Gasteiger partial charge in [-0.05, 0) is 22.9 Å². The number of fused-ring (bicyclic) bond motifs is 1. The van der Waals surface area contributed by atoms with Crippen LogP contribution < -0.4 is 4.90 Å². The highest BCUT2D eigenvalue weighted by atomic mass is 32.1. The smallest absolute Gasteiger partial charge is 0.301 e. The number of amides is 2. The fourth-order valence-corrected chi connectivity index (χ4v) is 3.55. The number of hydrogen-bond donors (Lipinski definition) is 1. The third-order valence-corrected chi connectivity index (χ3v) is 4.72. The van der Waals surface area contributed by atoms with Crippen molar-refractivity contribution in [1.82, 2.24) is 0 Å². The molecule has 0 aliphatic carbocycles. The molecule has 0 saturated heterocycles. The van der Waals surface area contributed by atoms with E-state index in [0.717, 1.165) is 15.7 Å². The second kappa shape index (κ2) is 5.07. The molecule has 1 aromatic heterocycles. The fourth-order valence-electron chi connectivity index (χ4n) is 2.78. The first-order chi connectivity index (χ1) is 11.2. The first-order valence-corrected chi connectivity index (χ1v) is 7.90. The summed E-state index contributed by atoms with van der Waals surface area (Å²) in [4.78, 5) is 26.9. The Balaban J connectivity index is 1.88. The van der Waals surface area contributed by atoms with Crippen LogP contribution >= 0.6 is 11.3 Å². The fraction of sp³-hybridized carbons (Fsp3) is 0. The minimum Gasteiger partial charge on any atom is -0.502 e. The van der Waals surface area contributed by atoms with Crippen LogP contribution in [0.3, 0.4) is 0 Å². The minimum atomic E-state index is -0.685. The molecule has 2 amide bonds. The summed E-state index contributed by atoms with van der Waals surface area (Å²) < 4.78 is 0. The molecule has 23 heavy (non-hydrogen) atoms. The average molecular weight is 321 g/mol. The minimum absolute atomic E-state index is 0.0675. The van der Waals surface area contributed by atoms with E-state index < -0.39 is 17.6 Å². The lowest BCUT2D eigenvalue weighted by Crippen LogP contribution is -2.31. The molecule has 5 heteroatoms. The predicted octanol–water partition coefficient (Wildman–Crippen LogP) is 3.74. The zero-order chi connectivity index (χ0) is 16.0. The van der Waals surface area contributed by atoms with E-state index in [1.807, 2.05) is 30.3 Å². The van der Waals surface area contributed by atoms with Gasteiger partial charge in [-0.25, -0.2) is 4.90 Å². The van der Waals surface area contributed by atoms with Crippen LogP contribution in [-0.4, -0.2) is 16.9 Å². The molecule has 0 radical (unpaired) electrons. The van der Waals surface area contributed by atoms with Gasteiger partial charge < -0.3 is 5.11 Å². The lowest BCUT2D eigenvalue weighted by atomic mass is 10.1. The topological polar surface area (TPSA) is 57.6 Å². The normalized spacial score (nSPS) is 15.0. The Morgan fingerprint density at radius 2 is 1.65 bits per heavy atom. The highest BCUT2D eigenvalue weighted by Gasteiger charge is 2.41. The lowest BCUT2D eigenvalue weighted by molar-refractivity contribution is -0.121. The van der Waals surface area contributed by atoms with Gasteiger partial charge >= 0.3 is 5.91 Å². The molecule has 0 atom stereocenters. The van der Waals surface area contributed by atoms with Gasteiger partial charge in [-0.1, -0.05) is 42.5 Å². The van der Waals surface area contributed by atoms with E-state index in [1.165, 1.54) is 11.3 Å². The van der Waals surface area contributed by atoms with E-state index in [-0.39, 0.29) is 5.57 Å². The van der Waals surface area contributed by atoms with Crippen molar-refractivity contribution >= 4 is 45.2 Å². The van der Waals surface area contributed by atoms with Crippen molar-refractivity contribution in [2.75, 3.05) is 4.90 Å². The summed E-state index contributed by atoms with van der Waals surface area (Å²) >= 11 is 1.31. The zero-order valence-electron chi connectivity index (χ0n) is 11.9. The van der Waals surface area contributed by atoms with Gasteiger partial charge in [0.1, 0.15) is 5.57 Å². The van der Waals surface area contributed by atoms with Crippen molar-refractivity contribution in [2.45, 2.75) is 0 Å². The van der Waals surface area contributed by atoms with Crippen molar-refractivity contribution in [3.8, 4) is 0 Å². The van der Waals surface area contributed by atoms with E-state index in [2.05, 4.69) is 0 Å². The van der Waals surface area contributed by atoms with Crippen molar-refractivity contribution in [3.63, 3.8) is 0 Å². The van der Waals surface area contributed by atoms with Crippen LogP contribution in [0.4, 0.5) is 5.69 Å². The number of aliphatic hydroxyl groups is 1. The van der Waals surface area contributed by atoms with Gasteiger partial charge in [-0.2, -0.15) is 0 Å². The number of aliphatic hydroxyl groups excluding tert-OH is 1. The van der Waals surface area contributed by atoms with Crippen LogP contribution in [0.2, 0.25) is 0 Å². The van der Waals surface area contributed by atoms with Crippen LogP contribution in [0.25, 0.3) is 16.3 Å². The Bertz CT molecular complexity index is 968. The summed E-state index contributed by atoms with van der Waals surface area (Å²) in [6.07, 6.45) is 0. The number of imide groups is 1. The summed E-state index contributed by atoms with van der Waals surface area (Å²) in [5, 5.41) is 13.7. The number of carbonyl (C=O) groups excluding carboxylic acids is 2. The first kappa shape index (κ1) is 13.7. The second-order valence-corrected chi connectivity index (χ2v) is 6.09. The summed E-state index contributed by atoms with van der Waals surface area (Å²) in [6, 6.07) is 16.4. The highest BCUT2D eigenvalue weighted by Crippen LogP contribution is 2.36. The Hall–Kier alpha value is -2.92. The van der Waals surface area contributed by atoms with E-state index >= 15 is 0 Å². The third kappa shape index (κ3) is 1.98. The number of anilines is 1. The maximum Gasteiger partial charge on any atom is 0.301 e. The third-order valence-electron chi connectivity index (χ3n) is 3.83. The molecule has 0 bridgehead atoms. The van der Waals surface area contributed by atoms with Crippen LogP contribution in [0.1, 0.15) is 4.88 Å². The van der Waals surface area contributed by atoms with Gasteiger partial charge in [-0.15, -0.1) is 11.3 Å². The second-order valence-electron chi connectivity index (χ2n) is 5.14. The lowest BCUT2D eigenvalue weighted by Gasteiger charge is -2.16. The number of thiophene rings is 1. The van der Waals surface area contributed by atoms with E-state index in [0.29, 0.717) is 10.6 Å². The molecule has 1 aliphatic heterocycles. The first-order valence-electron chi connectivity index (χ1n) is 7.02. The average Bonchev–Trinajstić information content (AvgIpc) is 3.15. The molecule has 0 saturated carbocycles. The van der Waals surface area contributed by atoms with Crippen molar-refractivity contribution in [2.24, 2.45) is 0 Å². The molecule has 4 nitrogen and oxygen atoms in total. The molecule has 2 aromatic carbocycles. The predicted molar refractivity (Wildman–Crippen MR) is 90.3 cm³/mol. The van der Waals surface area contributed by atoms with E-state index in [9.17, 15) is 14.7 Å². The molecule has 0 spiro atoms. The quantitative estimate of drug-likeness (QED) is 0.731. The largest absolute Gasteiger partial charge is 0.502 e. The Morgan fingerprint density at radius 1 is 0.870 bits per heavy atom. The molecule has 1 aliphatic rings. The van der Waals surface area contributed by atoms with Crippen LogP contribution in [0.5, 0.6) is 0 Å². The molecule has 0 fully saturated rings. The van der Waals surface area contributed by atoms with Crippen LogP contribution in [-0.2, 0) is 9.59 Å². The van der Waals surface area contributed by atoms with Crippen LogP contribution in [0, 0.1) is 0 Å². The standard InChI is InChI=1S/C18H11NO3S/c20-16-15(14-9-4-10-23-14)17(21)19(18(16)22)13-8-3-6-11-5-1-2-7-12(11)13/h1-10,20H. The molecule has 0 unspecified atom stereocenters. The number of hydrogen-bond acceptors (Lipinski definition) is 4. The number of rotatable bonds is 2. The van der Waals surface area contributed by atoms with Gasteiger partial charge in [0, 0.05) is 10.3 Å². The highest BCUT2D eigenvalue weighted by molar-refractivity contribution is 7.11. The number of benzene rings is 2. The molecule has 3 aromatic rings. The summed E-state index contributed by atoms with van der Waals surface area (Å²) in [5.41, 5.74) is 0.550. The summed E-state index contributed by atoms with van der Waals surface area (Å²) in [6.45, 7) is 0.